The van der Waals surface area contributed by atoms with Crippen molar-refractivity contribution in [1.82, 2.24) is 0 Å². The fourth-order valence-electron chi connectivity index (χ4n) is 1.09. The van der Waals surface area contributed by atoms with Gasteiger partial charge in [0, 0.05) is 0 Å². The molecule has 0 aliphatic carbocycles. The summed E-state index contributed by atoms with van der Waals surface area (Å²) in [6, 6.07) is 9.35. The molecule has 2 nitrogen and oxygen atoms in total. The Balaban J connectivity index is 2.57. The lowest BCUT2D eigenvalue weighted by Crippen LogP contribution is -2.20. The van der Waals surface area contributed by atoms with E-state index in [2.05, 4.69) is 0 Å². The Hall–Kier alpha value is -0.830. The average Bonchev–Trinajstić information content (AvgIpc) is 2.26. The number of carbonyl (C=O) groups is 1. The predicted octanol–water partition coefficient (Wildman–Crippen LogP) is 4.05. The van der Waals surface area contributed by atoms with Crippen LogP contribution < -0.4 is 0 Å². The van der Waals surface area contributed by atoms with E-state index >= 15 is 0 Å². The summed E-state index contributed by atoms with van der Waals surface area (Å²) < 4.78 is -1.81. The Morgan fingerprint density at radius 1 is 1.24 bits per heavy atom. The summed E-state index contributed by atoms with van der Waals surface area (Å²) in [5.74, 6) is -0.273. The van der Waals surface area contributed by atoms with Gasteiger partial charge >= 0.3 is 0 Å². The third-order valence-corrected chi connectivity index (χ3v) is 2.64. The van der Waals surface area contributed by atoms with Gasteiger partial charge in [-0.15, -0.1) is 0 Å². The van der Waals surface area contributed by atoms with Crippen LogP contribution in [-0.2, 0) is 4.79 Å². The maximum atomic E-state index is 11.5. The number of ketones is 1. The highest BCUT2D eigenvalue weighted by molar-refractivity contribution is 6.77. The van der Waals surface area contributed by atoms with Gasteiger partial charge in [0.15, 0.2) is 5.78 Å². The molecule has 0 unspecified atom stereocenters. The quantitative estimate of drug-likeness (QED) is 0.507. The molecule has 0 fully saturated rings. The standard InChI is InChI=1S/C12H10Cl3NO/c13-12(14,15)11(16)8-10(17)7-6-9-4-2-1-3-5-9/h1-7,16H,8H2/b7-6-,16-11?. The molecule has 0 heterocycles. The predicted molar refractivity (Wildman–Crippen MR) is 73.1 cm³/mol. The van der Waals surface area contributed by atoms with Crippen molar-refractivity contribution in [2.75, 3.05) is 0 Å². The SMILES string of the molecule is N=C(CC(=O)/C=C\c1ccccc1)C(Cl)(Cl)Cl. The van der Waals surface area contributed by atoms with Crippen molar-refractivity contribution in [2.45, 2.75) is 10.2 Å². The van der Waals surface area contributed by atoms with Gasteiger partial charge in [-0.3, -0.25) is 4.79 Å². The molecule has 0 saturated carbocycles. The Bertz CT molecular complexity index is 435. The molecule has 1 aromatic carbocycles. The van der Waals surface area contributed by atoms with E-state index < -0.39 is 3.79 Å². The monoisotopic (exact) mass is 289 g/mol. The highest BCUT2D eigenvalue weighted by Gasteiger charge is 2.27. The van der Waals surface area contributed by atoms with E-state index in [0.717, 1.165) is 5.56 Å². The molecular formula is C12H10Cl3NO. The van der Waals surface area contributed by atoms with Crippen LogP contribution in [0.2, 0.25) is 0 Å². The van der Waals surface area contributed by atoms with Gasteiger partial charge in [0.25, 0.3) is 0 Å². The maximum absolute atomic E-state index is 11.5. The number of rotatable bonds is 4. The molecule has 90 valence electrons. The minimum absolute atomic E-state index is 0.195. The van der Waals surface area contributed by atoms with Gasteiger partial charge in [-0.2, -0.15) is 0 Å². The van der Waals surface area contributed by atoms with Gasteiger partial charge in [0.2, 0.25) is 3.79 Å². The fraction of sp³-hybridized carbons (Fsp3) is 0.167. The molecule has 0 amide bonds. The number of halogens is 3. The molecule has 0 bridgehead atoms. The van der Waals surface area contributed by atoms with Crippen molar-refractivity contribution in [3.8, 4) is 0 Å². The molecule has 0 spiro atoms. The third-order valence-electron chi connectivity index (χ3n) is 1.95. The van der Waals surface area contributed by atoms with Crippen LogP contribution in [-0.4, -0.2) is 15.3 Å². The molecule has 1 rings (SSSR count). The van der Waals surface area contributed by atoms with Gasteiger partial charge in [0.1, 0.15) is 0 Å². The summed E-state index contributed by atoms with van der Waals surface area (Å²) in [5, 5.41) is 7.40. The highest BCUT2D eigenvalue weighted by atomic mass is 35.6. The summed E-state index contributed by atoms with van der Waals surface area (Å²) in [6.07, 6.45) is 2.84. The van der Waals surface area contributed by atoms with Crippen molar-refractivity contribution in [1.29, 1.82) is 5.41 Å². The molecule has 0 aromatic heterocycles. The lowest BCUT2D eigenvalue weighted by atomic mass is 10.1. The van der Waals surface area contributed by atoms with Crippen LogP contribution in [0.1, 0.15) is 12.0 Å². The summed E-state index contributed by atoms with van der Waals surface area (Å²) in [4.78, 5) is 11.5. The zero-order valence-corrected chi connectivity index (χ0v) is 11.1. The van der Waals surface area contributed by atoms with Gasteiger partial charge in [-0.25, -0.2) is 0 Å². The summed E-state index contributed by atoms with van der Waals surface area (Å²) in [5.41, 5.74) is 0.673. The van der Waals surface area contributed by atoms with E-state index in [4.69, 9.17) is 40.2 Å². The molecule has 0 radical (unpaired) electrons. The van der Waals surface area contributed by atoms with E-state index in [1.165, 1.54) is 6.08 Å². The zero-order chi connectivity index (χ0) is 12.9. The van der Waals surface area contributed by atoms with Crippen LogP contribution >= 0.6 is 34.8 Å². The molecular weight excluding hydrogens is 280 g/mol. The Kier molecular flexibility index (Phi) is 5.19. The van der Waals surface area contributed by atoms with Crippen molar-refractivity contribution < 1.29 is 4.79 Å². The lowest BCUT2D eigenvalue weighted by Gasteiger charge is -2.10. The number of nitrogens with one attached hydrogen (secondary N) is 1. The first-order valence-corrected chi connectivity index (χ1v) is 5.93. The number of carbonyl (C=O) groups excluding carboxylic acids is 1. The Labute approximate surface area is 115 Å². The van der Waals surface area contributed by atoms with E-state index in [1.807, 2.05) is 30.3 Å². The van der Waals surface area contributed by atoms with E-state index in [9.17, 15) is 4.79 Å². The topological polar surface area (TPSA) is 40.9 Å². The van der Waals surface area contributed by atoms with Gasteiger partial charge in [0.05, 0.1) is 12.1 Å². The summed E-state index contributed by atoms with van der Waals surface area (Å²) >= 11 is 16.4. The third kappa shape index (κ3) is 5.35. The second kappa shape index (κ2) is 6.20. The van der Waals surface area contributed by atoms with Crippen molar-refractivity contribution >= 4 is 52.4 Å². The second-order valence-electron chi connectivity index (χ2n) is 3.36. The summed E-state index contributed by atoms with van der Waals surface area (Å²) in [6.45, 7) is 0. The van der Waals surface area contributed by atoms with E-state index in [0.29, 0.717) is 0 Å². The zero-order valence-electron chi connectivity index (χ0n) is 8.79. The molecule has 0 aliphatic heterocycles. The number of hydrogen-bond acceptors (Lipinski definition) is 2. The Morgan fingerprint density at radius 2 is 1.82 bits per heavy atom. The van der Waals surface area contributed by atoms with Gasteiger partial charge in [-0.05, 0) is 11.6 Å². The van der Waals surface area contributed by atoms with E-state index in [1.54, 1.807) is 6.08 Å². The number of allylic oxidation sites excluding steroid dienone is 1. The lowest BCUT2D eigenvalue weighted by molar-refractivity contribution is -0.113. The van der Waals surface area contributed by atoms with Crippen LogP contribution in [0.25, 0.3) is 6.08 Å². The van der Waals surface area contributed by atoms with Crippen molar-refractivity contribution in [3.05, 3.63) is 42.0 Å². The van der Waals surface area contributed by atoms with Gasteiger partial charge < -0.3 is 5.41 Å². The number of benzene rings is 1. The first kappa shape index (κ1) is 14.2. The van der Waals surface area contributed by atoms with Crippen LogP contribution in [0.5, 0.6) is 0 Å². The number of alkyl halides is 3. The first-order valence-electron chi connectivity index (χ1n) is 4.80. The van der Waals surface area contributed by atoms with Crippen LogP contribution in [0.15, 0.2) is 36.4 Å². The normalized spacial score (nSPS) is 11.7. The van der Waals surface area contributed by atoms with Crippen molar-refractivity contribution in [2.24, 2.45) is 0 Å². The molecule has 1 N–H and O–H groups in total. The average molecular weight is 291 g/mol. The Morgan fingerprint density at radius 3 is 2.35 bits per heavy atom. The first-order chi connectivity index (χ1) is 7.89. The molecule has 5 heteroatoms. The van der Waals surface area contributed by atoms with Gasteiger partial charge in [-0.1, -0.05) is 71.2 Å². The minimum Gasteiger partial charge on any atom is -0.305 e. The molecule has 0 aliphatic rings. The largest absolute Gasteiger partial charge is 0.305 e. The smallest absolute Gasteiger partial charge is 0.228 e. The molecule has 0 atom stereocenters. The minimum atomic E-state index is -1.81. The maximum Gasteiger partial charge on any atom is 0.228 e. The number of hydrogen-bond donors (Lipinski definition) is 1. The summed E-state index contributed by atoms with van der Waals surface area (Å²) in [7, 11) is 0. The van der Waals surface area contributed by atoms with Crippen LogP contribution in [0.4, 0.5) is 0 Å². The van der Waals surface area contributed by atoms with Crippen LogP contribution in [0, 0.1) is 5.41 Å². The van der Waals surface area contributed by atoms with Crippen molar-refractivity contribution in [3.63, 3.8) is 0 Å². The highest BCUT2D eigenvalue weighted by Crippen LogP contribution is 2.28. The van der Waals surface area contributed by atoms with E-state index in [-0.39, 0.29) is 17.9 Å². The molecule has 0 saturated heterocycles. The second-order valence-corrected chi connectivity index (χ2v) is 5.64. The fourth-order valence-corrected chi connectivity index (χ4v) is 1.29. The van der Waals surface area contributed by atoms with Crippen LogP contribution in [0.3, 0.4) is 0 Å². The molecule has 1 aromatic rings. The molecule has 17 heavy (non-hydrogen) atoms.